The van der Waals surface area contributed by atoms with Crippen LogP contribution in [0.15, 0.2) is 89.3 Å². The molecule has 0 aliphatic rings. The monoisotopic (exact) mass is 612 g/mol. The standard InChI is InChI=1S/C32H25ClN4O3S2/c1-39-21-12-13-29(40-2)24(16-21)23-17-27(20-8-4-3-5-9-20)35-31(25(23)18-34)41-15-14-30(38)37-32-36-28(19-42-32)22-10-6-7-11-26(22)33/h3-13,16-17,19H,14-15H2,1-2H3,(H,36,37,38). The van der Waals surface area contributed by atoms with Crippen molar-refractivity contribution in [3.8, 4) is 51.2 Å². The minimum Gasteiger partial charge on any atom is -0.497 e. The maximum atomic E-state index is 12.8. The topological polar surface area (TPSA) is 97.1 Å². The van der Waals surface area contributed by atoms with Crippen LogP contribution in [0.2, 0.25) is 5.02 Å². The number of hydrogen-bond acceptors (Lipinski definition) is 8. The summed E-state index contributed by atoms with van der Waals surface area (Å²) in [5.41, 5.74) is 4.91. The number of nitrogens with zero attached hydrogens (tertiary/aromatic N) is 3. The molecule has 5 rings (SSSR count). The number of thioether (sulfide) groups is 1. The van der Waals surface area contributed by atoms with Crippen molar-refractivity contribution in [2.75, 3.05) is 25.3 Å². The largest absolute Gasteiger partial charge is 0.497 e. The van der Waals surface area contributed by atoms with E-state index >= 15 is 0 Å². The molecule has 0 aliphatic heterocycles. The van der Waals surface area contributed by atoms with Crippen molar-refractivity contribution >= 4 is 45.7 Å². The van der Waals surface area contributed by atoms with Crippen LogP contribution in [-0.4, -0.2) is 35.8 Å². The molecule has 0 spiro atoms. The van der Waals surface area contributed by atoms with Crippen molar-refractivity contribution < 1.29 is 14.3 Å². The third-order valence-electron chi connectivity index (χ3n) is 6.33. The van der Waals surface area contributed by atoms with Crippen molar-refractivity contribution in [3.63, 3.8) is 0 Å². The van der Waals surface area contributed by atoms with Gasteiger partial charge in [0.1, 0.15) is 22.6 Å². The molecule has 210 valence electrons. The van der Waals surface area contributed by atoms with E-state index in [-0.39, 0.29) is 12.3 Å². The number of pyridine rings is 1. The second-order valence-corrected chi connectivity index (χ2v) is 11.3. The van der Waals surface area contributed by atoms with E-state index in [2.05, 4.69) is 16.4 Å². The lowest BCUT2D eigenvalue weighted by atomic mass is 9.98. The van der Waals surface area contributed by atoms with Gasteiger partial charge < -0.3 is 14.8 Å². The van der Waals surface area contributed by atoms with Crippen LogP contribution in [0.3, 0.4) is 0 Å². The first kappa shape index (κ1) is 29.1. The van der Waals surface area contributed by atoms with Crippen molar-refractivity contribution in [2.24, 2.45) is 0 Å². The summed E-state index contributed by atoms with van der Waals surface area (Å²) < 4.78 is 11.1. The number of methoxy groups -OCH3 is 2. The Morgan fingerprint density at radius 3 is 2.48 bits per heavy atom. The minimum absolute atomic E-state index is 0.185. The van der Waals surface area contributed by atoms with Crippen LogP contribution in [0.4, 0.5) is 5.13 Å². The fourth-order valence-electron chi connectivity index (χ4n) is 4.27. The highest BCUT2D eigenvalue weighted by atomic mass is 35.5. The third-order valence-corrected chi connectivity index (χ3v) is 8.40. The Hall–Kier alpha value is -4.36. The van der Waals surface area contributed by atoms with Gasteiger partial charge in [0.15, 0.2) is 5.13 Å². The zero-order chi connectivity index (χ0) is 29.5. The van der Waals surface area contributed by atoms with Gasteiger partial charge >= 0.3 is 0 Å². The molecule has 42 heavy (non-hydrogen) atoms. The number of carbonyl (C=O) groups excluding carboxylic acids is 1. The summed E-state index contributed by atoms with van der Waals surface area (Å²) >= 11 is 8.98. The van der Waals surface area contributed by atoms with Gasteiger partial charge in [-0.1, -0.05) is 60.1 Å². The number of thiazole rings is 1. The van der Waals surface area contributed by atoms with Crippen molar-refractivity contribution in [3.05, 3.63) is 94.8 Å². The molecule has 0 bridgehead atoms. The van der Waals surface area contributed by atoms with Crippen LogP contribution in [0, 0.1) is 11.3 Å². The lowest BCUT2D eigenvalue weighted by Gasteiger charge is -2.15. The molecule has 0 fully saturated rings. The number of nitriles is 1. The number of benzene rings is 3. The molecule has 1 amide bonds. The van der Waals surface area contributed by atoms with Gasteiger partial charge in [0.2, 0.25) is 5.91 Å². The quantitative estimate of drug-likeness (QED) is 0.159. The summed E-state index contributed by atoms with van der Waals surface area (Å²) in [6.45, 7) is 0. The molecule has 0 saturated carbocycles. The molecule has 0 atom stereocenters. The van der Waals surface area contributed by atoms with Crippen LogP contribution in [0.1, 0.15) is 12.0 Å². The molecule has 1 N–H and O–H groups in total. The van der Waals surface area contributed by atoms with E-state index in [1.807, 2.05) is 78.2 Å². The van der Waals surface area contributed by atoms with Gasteiger partial charge in [0.05, 0.1) is 31.2 Å². The summed E-state index contributed by atoms with van der Waals surface area (Å²) in [6, 6.07) is 26.9. The number of carbonyl (C=O) groups is 1. The van der Waals surface area contributed by atoms with Gasteiger partial charge in [-0.3, -0.25) is 4.79 Å². The maximum absolute atomic E-state index is 12.8. The molecule has 7 nitrogen and oxygen atoms in total. The van der Waals surface area contributed by atoms with E-state index in [9.17, 15) is 10.1 Å². The number of hydrogen-bond donors (Lipinski definition) is 1. The zero-order valence-corrected chi connectivity index (χ0v) is 25.1. The Bertz CT molecular complexity index is 1770. The highest BCUT2D eigenvalue weighted by molar-refractivity contribution is 7.99. The first-order valence-electron chi connectivity index (χ1n) is 12.9. The van der Waals surface area contributed by atoms with Gasteiger partial charge in [-0.15, -0.1) is 23.1 Å². The number of nitrogens with one attached hydrogen (secondary N) is 1. The molecular formula is C32H25ClN4O3S2. The van der Waals surface area contributed by atoms with Gasteiger partial charge in [-0.2, -0.15) is 5.26 Å². The van der Waals surface area contributed by atoms with Crippen molar-refractivity contribution in [1.29, 1.82) is 5.26 Å². The zero-order valence-electron chi connectivity index (χ0n) is 22.8. The van der Waals surface area contributed by atoms with E-state index < -0.39 is 0 Å². The van der Waals surface area contributed by atoms with Crippen molar-refractivity contribution in [1.82, 2.24) is 9.97 Å². The molecule has 2 heterocycles. The molecule has 5 aromatic rings. The Balaban J connectivity index is 1.39. The van der Waals surface area contributed by atoms with Gasteiger partial charge in [0, 0.05) is 44.8 Å². The van der Waals surface area contributed by atoms with Crippen LogP contribution in [0.25, 0.3) is 33.6 Å². The molecule has 3 aromatic carbocycles. The summed E-state index contributed by atoms with van der Waals surface area (Å²) in [5, 5.41) is 16.6. The number of aromatic nitrogens is 2. The SMILES string of the molecule is COc1ccc(OC)c(-c2cc(-c3ccccc3)nc(SCCC(=O)Nc3nc(-c4ccccc4Cl)cs3)c2C#N)c1. The number of ether oxygens (including phenoxy) is 2. The minimum atomic E-state index is -0.185. The number of amides is 1. The average molecular weight is 613 g/mol. The Morgan fingerprint density at radius 2 is 1.74 bits per heavy atom. The number of anilines is 1. The van der Waals surface area contributed by atoms with Gasteiger partial charge in [0.25, 0.3) is 0 Å². The summed E-state index contributed by atoms with van der Waals surface area (Å²) in [5.74, 6) is 1.46. The van der Waals surface area contributed by atoms with E-state index in [4.69, 9.17) is 26.1 Å². The van der Waals surface area contributed by atoms with Crippen LogP contribution >= 0.6 is 34.7 Å². The summed E-state index contributed by atoms with van der Waals surface area (Å²) in [6.07, 6.45) is 0.200. The summed E-state index contributed by atoms with van der Waals surface area (Å²) in [7, 11) is 3.18. The van der Waals surface area contributed by atoms with E-state index in [1.54, 1.807) is 20.3 Å². The van der Waals surface area contributed by atoms with Crippen molar-refractivity contribution in [2.45, 2.75) is 11.4 Å². The highest BCUT2D eigenvalue weighted by Crippen LogP contribution is 2.40. The maximum Gasteiger partial charge on any atom is 0.226 e. The lowest BCUT2D eigenvalue weighted by molar-refractivity contribution is -0.115. The second-order valence-electron chi connectivity index (χ2n) is 8.94. The van der Waals surface area contributed by atoms with E-state index in [0.29, 0.717) is 60.5 Å². The Labute approximate surface area is 257 Å². The average Bonchev–Trinajstić information content (AvgIpc) is 3.48. The van der Waals surface area contributed by atoms with E-state index in [0.717, 1.165) is 11.1 Å². The highest BCUT2D eigenvalue weighted by Gasteiger charge is 2.20. The van der Waals surface area contributed by atoms with Crippen LogP contribution in [-0.2, 0) is 4.79 Å². The predicted molar refractivity (Wildman–Crippen MR) is 169 cm³/mol. The first-order valence-corrected chi connectivity index (χ1v) is 15.1. The second kappa shape index (κ2) is 13.5. The number of halogens is 1. The molecule has 0 unspecified atom stereocenters. The fourth-order valence-corrected chi connectivity index (χ4v) is 6.18. The summed E-state index contributed by atoms with van der Waals surface area (Å²) in [4.78, 5) is 22.2. The Morgan fingerprint density at radius 1 is 0.952 bits per heavy atom. The van der Waals surface area contributed by atoms with Crippen LogP contribution < -0.4 is 14.8 Å². The third kappa shape index (κ3) is 6.58. The predicted octanol–water partition coefficient (Wildman–Crippen LogP) is 8.20. The molecule has 2 aromatic heterocycles. The van der Waals surface area contributed by atoms with Gasteiger partial charge in [-0.25, -0.2) is 9.97 Å². The lowest BCUT2D eigenvalue weighted by Crippen LogP contribution is -2.12. The molecule has 0 radical (unpaired) electrons. The fraction of sp³-hybridized carbons (Fsp3) is 0.125. The Kier molecular flexibility index (Phi) is 9.39. The smallest absolute Gasteiger partial charge is 0.226 e. The normalized spacial score (nSPS) is 10.6. The molecule has 10 heteroatoms. The first-order chi connectivity index (χ1) is 20.5. The molecular weight excluding hydrogens is 588 g/mol. The molecule has 0 saturated heterocycles. The molecule has 0 aliphatic carbocycles. The number of rotatable bonds is 10. The van der Waals surface area contributed by atoms with Gasteiger partial charge in [-0.05, 0) is 30.3 Å². The van der Waals surface area contributed by atoms with Crippen LogP contribution in [0.5, 0.6) is 11.5 Å². The van der Waals surface area contributed by atoms with E-state index in [1.165, 1.54) is 23.1 Å².